The van der Waals surface area contributed by atoms with Crippen molar-refractivity contribution in [3.63, 3.8) is 0 Å². The maximum absolute atomic E-state index is 11.5. The van der Waals surface area contributed by atoms with Crippen LogP contribution in [0.25, 0.3) is 0 Å². The fraction of sp³-hybridized carbons (Fsp3) is 0.385. The number of methoxy groups -OCH3 is 1. The molecule has 0 aliphatic rings. The summed E-state index contributed by atoms with van der Waals surface area (Å²) in [7, 11) is 1.59. The number of hydrogen-bond donors (Lipinski definition) is 0. The van der Waals surface area contributed by atoms with Gasteiger partial charge in [0.1, 0.15) is 11.8 Å². The van der Waals surface area contributed by atoms with Gasteiger partial charge in [-0.05, 0) is 24.1 Å². The highest BCUT2D eigenvalue weighted by atomic mass is 16.5. The van der Waals surface area contributed by atoms with E-state index in [1.165, 1.54) is 0 Å². The molecule has 0 bridgehead atoms. The first-order chi connectivity index (χ1) is 8.19. The Bertz CT molecular complexity index is 406. The van der Waals surface area contributed by atoms with Gasteiger partial charge in [-0.3, -0.25) is 4.79 Å². The van der Waals surface area contributed by atoms with Crippen LogP contribution in [0, 0.1) is 11.3 Å². The van der Waals surface area contributed by atoms with Crippen LogP contribution in [0.3, 0.4) is 0 Å². The SMILES string of the molecule is CC[C@H](C#N)OC(=O)Cc1ccc(OC)cc1. The van der Waals surface area contributed by atoms with Gasteiger partial charge in [-0.15, -0.1) is 0 Å². The number of carbonyl (C=O) groups is 1. The van der Waals surface area contributed by atoms with Gasteiger partial charge < -0.3 is 9.47 Å². The van der Waals surface area contributed by atoms with Crippen molar-refractivity contribution in [3.05, 3.63) is 29.8 Å². The second-order valence-corrected chi connectivity index (χ2v) is 3.54. The van der Waals surface area contributed by atoms with E-state index < -0.39 is 6.10 Å². The first-order valence-electron chi connectivity index (χ1n) is 5.41. The number of carbonyl (C=O) groups excluding carboxylic acids is 1. The molecule has 0 saturated carbocycles. The molecule has 1 rings (SSSR count). The Morgan fingerprint density at radius 2 is 2.06 bits per heavy atom. The first-order valence-corrected chi connectivity index (χ1v) is 5.41. The van der Waals surface area contributed by atoms with Crippen LogP contribution in [0.1, 0.15) is 18.9 Å². The second-order valence-electron chi connectivity index (χ2n) is 3.54. The summed E-state index contributed by atoms with van der Waals surface area (Å²) in [5, 5.41) is 8.67. The van der Waals surface area contributed by atoms with Gasteiger partial charge >= 0.3 is 5.97 Å². The molecule has 0 aromatic heterocycles. The summed E-state index contributed by atoms with van der Waals surface area (Å²) in [6.45, 7) is 1.80. The minimum atomic E-state index is -0.652. The number of ether oxygens (including phenoxy) is 2. The highest BCUT2D eigenvalue weighted by Crippen LogP contribution is 2.12. The summed E-state index contributed by atoms with van der Waals surface area (Å²) in [5.41, 5.74) is 0.837. The molecule has 0 heterocycles. The van der Waals surface area contributed by atoms with Crippen molar-refractivity contribution in [1.82, 2.24) is 0 Å². The molecule has 1 atom stereocenters. The first kappa shape index (κ1) is 13.0. The van der Waals surface area contributed by atoms with Crippen molar-refractivity contribution in [2.24, 2.45) is 0 Å². The summed E-state index contributed by atoms with van der Waals surface area (Å²) in [4.78, 5) is 11.5. The number of nitriles is 1. The van der Waals surface area contributed by atoms with Crippen LogP contribution >= 0.6 is 0 Å². The molecule has 17 heavy (non-hydrogen) atoms. The predicted octanol–water partition coefficient (Wildman–Crippen LogP) is 2.08. The summed E-state index contributed by atoms with van der Waals surface area (Å²) >= 11 is 0. The van der Waals surface area contributed by atoms with E-state index in [1.807, 2.05) is 6.07 Å². The van der Waals surface area contributed by atoms with Gasteiger partial charge in [0, 0.05) is 0 Å². The molecule has 0 aliphatic heterocycles. The van der Waals surface area contributed by atoms with E-state index in [0.29, 0.717) is 6.42 Å². The average Bonchev–Trinajstić information content (AvgIpc) is 2.37. The molecular weight excluding hydrogens is 218 g/mol. The smallest absolute Gasteiger partial charge is 0.311 e. The number of nitrogens with zero attached hydrogens (tertiary/aromatic N) is 1. The molecule has 0 unspecified atom stereocenters. The fourth-order valence-corrected chi connectivity index (χ4v) is 1.31. The summed E-state index contributed by atoms with van der Waals surface area (Å²) < 4.78 is 9.99. The molecule has 4 heteroatoms. The van der Waals surface area contributed by atoms with Crippen LogP contribution in [0.4, 0.5) is 0 Å². The lowest BCUT2D eigenvalue weighted by atomic mass is 10.1. The monoisotopic (exact) mass is 233 g/mol. The number of benzene rings is 1. The van der Waals surface area contributed by atoms with E-state index in [1.54, 1.807) is 38.3 Å². The van der Waals surface area contributed by atoms with Gasteiger partial charge in [-0.1, -0.05) is 19.1 Å². The Morgan fingerprint density at radius 3 is 2.53 bits per heavy atom. The van der Waals surface area contributed by atoms with Gasteiger partial charge in [0.05, 0.1) is 13.5 Å². The van der Waals surface area contributed by atoms with Crippen molar-refractivity contribution < 1.29 is 14.3 Å². The van der Waals surface area contributed by atoms with Crippen molar-refractivity contribution in [2.45, 2.75) is 25.9 Å². The fourth-order valence-electron chi connectivity index (χ4n) is 1.31. The summed E-state index contributed by atoms with van der Waals surface area (Å²) in [5.74, 6) is 0.356. The van der Waals surface area contributed by atoms with Gasteiger partial charge in [0.25, 0.3) is 0 Å². The lowest BCUT2D eigenvalue weighted by Crippen LogP contribution is -2.17. The molecule has 0 radical (unpaired) electrons. The van der Waals surface area contributed by atoms with Gasteiger partial charge in [-0.25, -0.2) is 0 Å². The molecule has 0 aliphatic carbocycles. The van der Waals surface area contributed by atoms with E-state index >= 15 is 0 Å². The second kappa shape index (κ2) is 6.54. The van der Waals surface area contributed by atoms with Crippen LogP contribution < -0.4 is 4.74 Å². The van der Waals surface area contributed by atoms with Crippen LogP contribution in [-0.2, 0) is 16.0 Å². The zero-order chi connectivity index (χ0) is 12.7. The van der Waals surface area contributed by atoms with Crippen molar-refractivity contribution in [3.8, 4) is 11.8 Å². The zero-order valence-corrected chi connectivity index (χ0v) is 9.97. The minimum Gasteiger partial charge on any atom is -0.497 e. The van der Waals surface area contributed by atoms with Gasteiger partial charge in [0.2, 0.25) is 0 Å². The van der Waals surface area contributed by atoms with Crippen molar-refractivity contribution in [1.29, 1.82) is 5.26 Å². The molecule has 4 nitrogen and oxygen atoms in total. The van der Waals surface area contributed by atoms with E-state index in [-0.39, 0.29) is 12.4 Å². The lowest BCUT2D eigenvalue weighted by Gasteiger charge is -2.08. The molecular formula is C13H15NO3. The molecule has 1 aromatic rings. The number of esters is 1. The van der Waals surface area contributed by atoms with Crippen LogP contribution in [0.15, 0.2) is 24.3 Å². The highest BCUT2D eigenvalue weighted by molar-refractivity contribution is 5.73. The Hall–Kier alpha value is -2.02. The molecule has 0 saturated heterocycles. The van der Waals surface area contributed by atoms with Gasteiger partial charge in [0.15, 0.2) is 6.10 Å². The van der Waals surface area contributed by atoms with Crippen LogP contribution in [-0.4, -0.2) is 19.2 Å². The Kier molecular flexibility index (Phi) is 5.02. The number of hydrogen-bond acceptors (Lipinski definition) is 4. The topological polar surface area (TPSA) is 59.3 Å². The molecule has 0 spiro atoms. The molecule has 0 fully saturated rings. The standard InChI is InChI=1S/C13H15NO3/c1-3-11(9-14)17-13(15)8-10-4-6-12(16-2)7-5-10/h4-7,11H,3,8H2,1-2H3/t11-/m1/s1. The summed E-state index contributed by atoms with van der Waals surface area (Å²) in [6.07, 6.45) is 0.0216. The third-order valence-corrected chi connectivity index (χ3v) is 2.30. The van der Waals surface area contributed by atoms with Crippen molar-refractivity contribution >= 4 is 5.97 Å². The largest absolute Gasteiger partial charge is 0.497 e. The lowest BCUT2D eigenvalue weighted by molar-refractivity contribution is -0.145. The highest BCUT2D eigenvalue weighted by Gasteiger charge is 2.11. The minimum absolute atomic E-state index is 0.169. The normalized spacial score (nSPS) is 11.4. The van der Waals surface area contributed by atoms with Crippen LogP contribution in [0.2, 0.25) is 0 Å². The van der Waals surface area contributed by atoms with E-state index in [9.17, 15) is 4.79 Å². The Labute approximate surface area is 101 Å². The van der Waals surface area contributed by atoms with E-state index in [4.69, 9.17) is 14.7 Å². The van der Waals surface area contributed by atoms with E-state index in [2.05, 4.69) is 0 Å². The zero-order valence-electron chi connectivity index (χ0n) is 9.97. The number of rotatable bonds is 5. The Morgan fingerprint density at radius 1 is 1.41 bits per heavy atom. The third kappa shape index (κ3) is 4.15. The van der Waals surface area contributed by atoms with Gasteiger partial charge in [-0.2, -0.15) is 5.26 Å². The quantitative estimate of drug-likeness (QED) is 0.730. The van der Waals surface area contributed by atoms with Crippen LogP contribution in [0.5, 0.6) is 5.75 Å². The van der Waals surface area contributed by atoms with E-state index in [0.717, 1.165) is 11.3 Å². The molecule has 90 valence electrons. The maximum Gasteiger partial charge on any atom is 0.311 e. The Balaban J connectivity index is 2.53. The molecule has 0 N–H and O–H groups in total. The third-order valence-electron chi connectivity index (χ3n) is 2.30. The predicted molar refractivity (Wildman–Crippen MR) is 62.5 cm³/mol. The molecule has 1 aromatic carbocycles. The maximum atomic E-state index is 11.5. The van der Waals surface area contributed by atoms with Crippen molar-refractivity contribution in [2.75, 3.05) is 7.11 Å². The summed E-state index contributed by atoms with van der Waals surface area (Å²) in [6, 6.07) is 9.09. The molecule has 0 amide bonds. The average molecular weight is 233 g/mol.